The maximum Gasteiger partial charge on any atom is 0.271 e. The molecule has 3 heterocycles. The Kier molecular flexibility index (Phi) is 4.19. The lowest BCUT2D eigenvalue weighted by Gasteiger charge is -2.04. The first-order valence-corrected chi connectivity index (χ1v) is 8.91. The summed E-state index contributed by atoms with van der Waals surface area (Å²) >= 11 is 1.44. The largest absolute Gasteiger partial charge is 0.497 e. The Morgan fingerprint density at radius 2 is 2.16 bits per heavy atom. The molecule has 25 heavy (non-hydrogen) atoms. The average Bonchev–Trinajstić information content (AvgIpc) is 3.37. The van der Waals surface area contributed by atoms with Crippen LogP contribution in [0.2, 0.25) is 0 Å². The minimum atomic E-state index is -0.202. The molecule has 2 aromatic heterocycles. The van der Waals surface area contributed by atoms with Gasteiger partial charge in [-0.3, -0.25) is 4.79 Å². The number of amides is 1. The van der Waals surface area contributed by atoms with Gasteiger partial charge in [0.2, 0.25) is 0 Å². The van der Waals surface area contributed by atoms with E-state index >= 15 is 0 Å². The number of aryl methyl sites for hydroxylation is 1. The Bertz CT molecular complexity index is 900. The quantitative estimate of drug-likeness (QED) is 0.759. The van der Waals surface area contributed by atoms with Gasteiger partial charge < -0.3 is 14.6 Å². The van der Waals surface area contributed by atoms with E-state index in [9.17, 15) is 4.79 Å². The van der Waals surface area contributed by atoms with Crippen LogP contribution in [0.3, 0.4) is 0 Å². The number of aromatic nitrogens is 4. The molecule has 0 aliphatic carbocycles. The molecule has 1 amide bonds. The highest BCUT2D eigenvalue weighted by atomic mass is 32.1. The van der Waals surface area contributed by atoms with Crippen molar-refractivity contribution in [3.05, 3.63) is 47.0 Å². The molecule has 0 radical (unpaired) electrons. The van der Waals surface area contributed by atoms with E-state index in [2.05, 4.69) is 25.1 Å². The summed E-state index contributed by atoms with van der Waals surface area (Å²) in [6.07, 6.45) is 2.04. The van der Waals surface area contributed by atoms with E-state index in [-0.39, 0.29) is 5.91 Å². The first kappa shape index (κ1) is 15.8. The van der Waals surface area contributed by atoms with E-state index in [0.717, 1.165) is 47.4 Å². The van der Waals surface area contributed by atoms with E-state index < -0.39 is 0 Å². The highest BCUT2D eigenvalue weighted by molar-refractivity contribution is 7.13. The molecule has 0 spiro atoms. The summed E-state index contributed by atoms with van der Waals surface area (Å²) in [5.74, 6) is 2.39. The van der Waals surface area contributed by atoms with Crippen LogP contribution in [0.1, 0.15) is 28.6 Å². The van der Waals surface area contributed by atoms with Gasteiger partial charge in [-0.15, -0.1) is 21.5 Å². The molecule has 1 aromatic carbocycles. The number of nitrogens with zero attached hydrogens (tertiary/aromatic N) is 4. The number of benzene rings is 1. The Balaban J connectivity index is 1.43. The summed E-state index contributed by atoms with van der Waals surface area (Å²) in [5.41, 5.74) is 1.37. The highest BCUT2D eigenvalue weighted by Gasteiger charge is 2.18. The molecule has 0 unspecified atom stereocenters. The number of rotatable bonds is 5. The summed E-state index contributed by atoms with van der Waals surface area (Å²) < 4.78 is 7.23. The molecule has 1 aliphatic rings. The van der Waals surface area contributed by atoms with Crippen LogP contribution >= 0.6 is 11.3 Å². The number of nitrogens with one attached hydrogen (secondary N) is 1. The van der Waals surface area contributed by atoms with Crippen molar-refractivity contribution in [1.29, 1.82) is 0 Å². The molecule has 0 fully saturated rings. The smallest absolute Gasteiger partial charge is 0.271 e. The van der Waals surface area contributed by atoms with Crippen molar-refractivity contribution in [3.63, 3.8) is 0 Å². The number of fused-ring (bicyclic) bond motifs is 1. The number of methoxy groups -OCH3 is 1. The van der Waals surface area contributed by atoms with Gasteiger partial charge in [0.15, 0.2) is 5.82 Å². The van der Waals surface area contributed by atoms with Crippen molar-refractivity contribution >= 4 is 17.2 Å². The first-order valence-electron chi connectivity index (χ1n) is 8.03. The second kappa shape index (κ2) is 6.64. The lowest BCUT2D eigenvalue weighted by atomic mass is 10.2. The summed E-state index contributed by atoms with van der Waals surface area (Å²) in [6, 6.07) is 7.61. The Morgan fingerprint density at radius 3 is 2.96 bits per heavy atom. The molecule has 4 rings (SSSR count). The normalized spacial score (nSPS) is 12.8. The zero-order valence-corrected chi connectivity index (χ0v) is 14.5. The third kappa shape index (κ3) is 3.12. The Morgan fingerprint density at radius 1 is 1.32 bits per heavy atom. The minimum Gasteiger partial charge on any atom is -0.497 e. The zero-order valence-electron chi connectivity index (χ0n) is 13.7. The van der Waals surface area contributed by atoms with Crippen molar-refractivity contribution in [2.24, 2.45) is 0 Å². The monoisotopic (exact) mass is 355 g/mol. The molecule has 1 aliphatic heterocycles. The fourth-order valence-electron chi connectivity index (χ4n) is 2.84. The predicted molar refractivity (Wildman–Crippen MR) is 93.6 cm³/mol. The van der Waals surface area contributed by atoms with Crippen molar-refractivity contribution in [1.82, 2.24) is 25.1 Å². The van der Waals surface area contributed by atoms with E-state index in [1.807, 2.05) is 24.3 Å². The van der Waals surface area contributed by atoms with Gasteiger partial charge in [-0.25, -0.2) is 4.98 Å². The predicted octanol–water partition coefficient (Wildman–Crippen LogP) is 2.29. The fraction of sp³-hybridized carbons (Fsp3) is 0.294. The van der Waals surface area contributed by atoms with Crippen LogP contribution in [0, 0.1) is 0 Å². The topological polar surface area (TPSA) is 81.9 Å². The van der Waals surface area contributed by atoms with Gasteiger partial charge in [0.05, 0.1) is 13.7 Å². The minimum absolute atomic E-state index is 0.202. The molecular formula is C17H17N5O2S. The Labute approximate surface area is 148 Å². The SMILES string of the molecule is COc1ccc(-c2nc(C(=O)NCc3nnc4n3CCC4)cs2)cc1. The van der Waals surface area contributed by atoms with Gasteiger partial charge in [0.25, 0.3) is 5.91 Å². The van der Waals surface area contributed by atoms with Gasteiger partial charge in [0.1, 0.15) is 22.3 Å². The van der Waals surface area contributed by atoms with Crippen molar-refractivity contribution < 1.29 is 9.53 Å². The van der Waals surface area contributed by atoms with E-state index in [4.69, 9.17) is 4.74 Å². The molecule has 8 heteroatoms. The molecule has 0 bridgehead atoms. The molecule has 128 valence electrons. The van der Waals surface area contributed by atoms with Crippen molar-refractivity contribution in [2.75, 3.05) is 7.11 Å². The molecule has 0 saturated heterocycles. The second-order valence-corrected chi connectivity index (χ2v) is 6.59. The van der Waals surface area contributed by atoms with Crippen LogP contribution in [-0.2, 0) is 19.5 Å². The summed E-state index contributed by atoms with van der Waals surface area (Å²) in [6.45, 7) is 1.28. The molecule has 7 nitrogen and oxygen atoms in total. The number of hydrogen-bond acceptors (Lipinski definition) is 6. The molecule has 3 aromatic rings. The zero-order chi connectivity index (χ0) is 17.2. The summed E-state index contributed by atoms with van der Waals surface area (Å²) in [7, 11) is 1.63. The maximum absolute atomic E-state index is 12.3. The van der Waals surface area contributed by atoms with E-state index in [1.54, 1.807) is 12.5 Å². The number of carbonyl (C=O) groups excluding carboxylic acids is 1. The molecule has 0 saturated carbocycles. The maximum atomic E-state index is 12.3. The number of carbonyl (C=O) groups is 1. The van der Waals surface area contributed by atoms with Crippen LogP contribution in [-0.4, -0.2) is 32.8 Å². The molecule has 0 atom stereocenters. The fourth-order valence-corrected chi connectivity index (χ4v) is 3.64. The van der Waals surface area contributed by atoms with Crippen LogP contribution in [0.5, 0.6) is 5.75 Å². The van der Waals surface area contributed by atoms with Crippen LogP contribution in [0.15, 0.2) is 29.6 Å². The van der Waals surface area contributed by atoms with Gasteiger partial charge >= 0.3 is 0 Å². The van der Waals surface area contributed by atoms with Gasteiger partial charge in [-0.05, 0) is 30.7 Å². The van der Waals surface area contributed by atoms with Crippen LogP contribution < -0.4 is 10.1 Å². The number of hydrogen-bond donors (Lipinski definition) is 1. The van der Waals surface area contributed by atoms with E-state index in [0.29, 0.717) is 12.2 Å². The third-order valence-electron chi connectivity index (χ3n) is 4.17. The first-order chi connectivity index (χ1) is 12.2. The standard InChI is InChI=1S/C17H17N5O2S/c1-24-12-6-4-11(5-7-12)17-19-13(10-25-17)16(23)18-9-15-21-20-14-3-2-8-22(14)15/h4-7,10H,2-3,8-9H2,1H3,(H,18,23). The van der Waals surface area contributed by atoms with Crippen LogP contribution in [0.4, 0.5) is 0 Å². The average molecular weight is 355 g/mol. The second-order valence-electron chi connectivity index (χ2n) is 5.74. The lowest BCUT2D eigenvalue weighted by molar-refractivity contribution is 0.0945. The van der Waals surface area contributed by atoms with Crippen molar-refractivity contribution in [3.8, 4) is 16.3 Å². The highest BCUT2D eigenvalue weighted by Crippen LogP contribution is 2.25. The lowest BCUT2D eigenvalue weighted by Crippen LogP contribution is -2.25. The van der Waals surface area contributed by atoms with Gasteiger partial charge in [-0.2, -0.15) is 0 Å². The van der Waals surface area contributed by atoms with Crippen molar-refractivity contribution in [2.45, 2.75) is 25.9 Å². The Hall–Kier alpha value is -2.74. The van der Waals surface area contributed by atoms with Crippen LogP contribution in [0.25, 0.3) is 10.6 Å². The number of ether oxygens (including phenoxy) is 1. The third-order valence-corrected chi connectivity index (χ3v) is 5.06. The number of thiazole rings is 1. The van der Waals surface area contributed by atoms with Gasteiger partial charge in [-0.1, -0.05) is 0 Å². The summed E-state index contributed by atoms with van der Waals surface area (Å²) in [4.78, 5) is 16.8. The summed E-state index contributed by atoms with van der Waals surface area (Å²) in [5, 5.41) is 13.7. The van der Waals surface area contributed by atoms with Gasteiger partial charge in [0, 0.05) is 23.9 Å². The molecule has 1 N–H and O–H groups in total. The van der Waals surface area contributed by atoms with E-state index in [1.165, 1.54) is 11.3 Å². The molecular weight excluding hydrogens is 338 g/mol.